The maximum Gasteiger partial charge on any atom is 0.272 e. The van der Waals surface area contributed by atoms with Crippen LogP contribution >= 0.6 is 23.2 Å². The van der Waals surface area contributed by atoms with Crippen LogP contribution in [0.1, 0.15) is 13.3 Å². The molecule has 0 saturated heterocycles. The standard InChI is InChI=1S/C12H15Cl2N3O3/c1-2-20-10-5-9(15)12(10)16-11-7(13)3-6(17(18)19)4-8(11)14/h3-4,9-10,12,16H,2,5,15H2,1H3. The van der Waals surface area contributed by atoms with Crippen LogP contribution in [0.25, 0.3) is 0 Å². The first-order valence-electron chi connectivity index (χ1n) is 6.21. The van der Waals surface area contributed by atoms with Gasteiger partial charge in [0, 0.05) is 24.8 Å². The van der Waals surface area contributed by atoms with Crippen LogP contribution in [-0.2, 0) is 4.74 Å². The van der Waals surface area contributed by atoms with Crippen LogP contribution in [0.15, 0.2) is 12.1 Å². The van der Waals surface area contributed by atoms with Gasteiger partial charge >= 0.3 is 0 Å². The first kappa shape index (κ1) is 15.3. The van der Waals surface area contributed by atoms with Crippen LogP contribution in [0, 0.1) is 10.1 Å². The molecule has 1 aromatic carbocycles. The number of nitrogens with one attached hydrogen (secondary N) is 1. The number of nitro groups is 1. The molecule has 20 heavy (non-hydrogen) atoms. The highest BCUT2D eigenvalue weighted by Crippen LogP contribution is 2.37. The third kappa shape index (κ3) is 2.98. The summed E-state index contributed by atoms with van der Waals surface area (Å²) in [4.78, 5) is 10.2. The lowest BCUT2D eigenvalue weighted by molar-refractivity contribution is -0.384. The van der Waals surface area contributed by atoms with Crippen molar-refractivity contribution in [3.63, 3.8) is 0 Å². The number of hydrogen-bond acceptors (Lipinski definition) is 5. The first-order valence-corrected chi connectivity index (χ1v) is 6.96. The van der Waals surface area contributed by atoms with Crippen LogP contribution in [-0.4, -0.2) is 29.7 Å². The number of benzene rings is 1. The Morgan fingerprint density at radius 2 is 2.10 bits per heavy atom. The zero-order valence-corrected chi connectivity index (χ0v) is 12.3. The number of non-ortho nitro benzene ring substituents is 1. The van der Waals surface area contributed by atoms with E-state index in [0.717, 1.165) is 6.42 Å². The monoisotopic (exact) mass is 319 g/mol. The Bertz CT molecular complexity index is 502. The molecule has 2 rings (SSSR count). The van der Waals surface area contributed by atoms with E-state index in [9.17, 15) is 10.1 Å². The minimum absolute atomic E-state index is 0.00248. The second-order valence-electron chi connectivity index (χ2n) is 4.60. The summed E-state index contributed by atoms with van der Waals surface area (Å²) in [5, 5.41) is 14.2. The van der Waals surface area contributed by atoms with Crippen molar-refractivity contribution in [2.75, 3.05) is 11.9 Å². The fourth-order valence-corrected chi connectivity index (χ4v) is 2.78. The Kier molecular flexibility index (Phi) is 4.70. The van der Waals surface area contributed by atoms with Crippen molar-refractivity contribution in [3.05, 3.63) is 32.3 Å². The van der Waals surface area contributed by atoms with Crippen molar-refractivity contribution in [3.8, 4) is 0 Å². The van der Waals surface area contributed by atoms with Gasteiger partial charge in [-0.2, -0.15) is 0 Å². The summed E-state index contributed by atoms with van der Waals surface area (Å²) in [5.74, 6) is 0. The number of rotatable bonds is 5. The summed E-state index contributed by atoms with van der Waals surface area (Å²) in [6, 6.07) is 2.35. The lowest BCUT2D eigenvalue weighted by Gasteiger charge is -2.43. The summed E-state index contributed by atoms with van der Waals surface area (Å²) >= 11 is 12.1. The Balaban J connectivity index is 2.19. The first-order chi connectivity index (χ1) is 9.43. The predicted molar refractivity (Wildman–Crippen MR) is 78.5 cm³/mol. The molecule has 3 unspecified atom stereocenters. The second kappa shape index (κ2) is 6.13. The zero-order chi connectivity index (χ0) is 14.9. The van der Waals surface area contributed by atoms with Crippen LogP contribution in [0.4, 0.5) is 11.4 Å². The molecule has 1 saturated carbocycles. The van der Waals surface area contributed by atoms with Gasteiger partial charge in [-0.3, -0.25) is 10.1 Å². The Morgan fingerprint density at radius 1 is 1.50 bits per heavy atom. The maximum absolute atomic E-state index is 10.7. The molecule has 0 aliphatic heterocycles. The van der Waals surface area contributed by atoms with E-state index in [1.54, 1.807) is 0 Å². The van der Waals surface area contributed by atoms with E-state index >= 15 is 0 Å². The Labute approximate surface area is 126 Å². The molecular weight excluding hydrogens is 305 g/mol. The van der Waals surface area contributed by atoms with E-state index in [0.29, 0.717) is 12.3 Å². The molecule has 0 amide bonds. The van der Waals surface area contributed by atoms with Crippen LogP contribution < -0.4 is 11.1 Å². The van der Waals surface area contributed by atoms with Gasteiger partial charge in [0.1, 0.15) is 0 Å². The fourth-order valence-electron chi connectivity index (χ4n) is 2.20. The zero-order valence-electron chi connectivity index (χ0n) is 10.8. The molecule has 3 N–H and O–H groups in total. The summed E-state index contributed by atoms with van der Waals surface area (Å²) in [6.45, 7) is 2.50. The minimum Gasteiger partial charge on any atom is -0.376 e. The average Bonchev–Trinajstić information content (AvgIpc) is 2.37. The number of nitrogens with two attached hydrogens (primary N) is 1. The van der Waals surface area contributed by atoms with Gasteiger partial charge in [-0.15, -0.1) is 0 Å². The van der Waals surface area contributed by atoms with Gasteiger partial charge in [0.15, 0.2) is 0 Å². The number of nitrogens with zero attached hydrogens (tertiary/aromatic N) is 1. The molecule has 1 fully saturated rings. The van der Waals surface area contributed by atoms with Gasteiger partial charge < -0.3 is 15.8 Å². The number of hydrogen-bond donors (Lipinski definition) is 2. The van der Waals surface area contributed by atoms with E-state index in [1.807, 2.05) is 6.92 Å². The van der Waals surface area contributed by atoms with Crippen LogP contribution in [0.2, 0.25) is 10.0 Å². The molecule has 1 aromatic rings. The predicted octanol–water partition coefficient (Wildman–Crippen LogP) is 2.82. The average molecular weight is 320 g/mol. The Morgan fingerprint density at radius 3 is 2.55 bits per heavy atom. The van der Waals surface area contributed by atoms with Gasteiger partial charge in [0.2, 0.25) is 0 Å². The van der Waals surface area contributed by atoms with Crippen LogP contribution in [0.3, 0.4) is 0 Å². The maximum atomic E-state index is 10.7. The SMILES string of the molecule is CCOC1CC(N)C1Nc1c(Cl)cc([N+](=O)[O-])cc1Cl. The quantitative estimate of drug-likeness (QED) is 0.643. The molecule has 0 bridgehead atoms. The van der Waals surface area contributed by atoms with Gasteiger partial charge in [0.05, 0.1) is 32.8 Å². The van der Waals surface area contributed by atoms with Crippen molar-refractivity contribution < 1.29 is 9.66 Å². The molecule has 1 aliphatic rings. The molecule has 8 heteroatoms. The lowest BCUT2D eigenvalue weighted by Crippen LogP contribution is -2.60. The van der Waals surface area contributed by atoms with Crippen molar-refractivity contribution in [1.29, 1.82) is 0 Å². The van der Waals surface area contributed by atoms with E-state index in [-0.39, 0.29) is 33.9 Å². The summed E-state index contributed by atoms with van der Waals surface area (Å²) in [7, 11) is 0. The second-order valence-corrected chi connectivity index (χ2v) is 5.42. The third-order valence-corrected chi connectivity index (χ3v) is 3.89. The number of ether oxygens (including phenoxy) is 1. The molecule has 3 atom stereocenters. The molecule has 1 aliphatic carbocycles. The molecule has 6 nitrogen and oxygen atoms in total. The van der Waals surface area contributed by atoms with Gasteiger partial charge in [-0.25, -0.2) is 0 Å². The molecule has 0 aromatic heterocycles. The third-order valence-electron chi connectivity index (χ3n) is 3.30. The Hall–Kier alpha value is -1.08. The summed E-state index contributed by atoms with van der Waals surface area (Å²) in [6.07, 6.45) is 0.755. The van der Waals surface area contributed by atoms with Crippen molar-refractivity contribution >= 4 is 34.6 Å². The summed E-state index contributed by atoms with van der Waals surface area (Å²) < 4.78 is 5.54. The van der Waals surface area contributed by atoms with Crippen molar-refractivity contribution in [2.45, 2.75) is 31.5 Å². The molecule has 0 heterocycles. The van der Waals surface area contributed by atoms with E-state index < -0.39 is 4.92 Å². The molecule has 110 valence electrons. The lowest BCUT2D eigenvalue weighted by atomic mass is 9.83. The molecule has 0 spiro atoms. The number of nitro benzene ring substituents is 1. The highest BCUT2D eigenvalue weighted by atomic mass is 35.5. The minimum atomic E-state index is -0.542. The highest BCUT2D eigenvalue weighted by Gasteiger charge is 2.40. The van der Waals surface area contributed by atoms with Crippen molar-refractivity contribution in [1.82, 2.24) is 0 Å². The van der Waals surface area contributed by atoms with E-state index in [2.05, 4.69) is 5.32 Å². The highest BCUT2D eigenvalue weighted by molar-refractivity contribution is 6.39. The molecular formula is C12H15Cl2N3O3. The fraction of sp³-hybridized carbons (Fsp3) is 0.500. The largest absolute Gasteiger partial charge is 0.376 e. The van der Waals surface area contributed by atoms with Gasteiger partial charge in [-0.05, 0) is 13.3 Å². The van der Waals surface area contributed by atoms with Gasteiger partial charge in [-0.1, -0.05) is 23.2 Å². The van der Waals surface area contributed by atoms with Crippen molar-refractivity contribution in [2.24, 2.45) is 5.73 Å². The van der Waals surface area contributed by atoms with Crippen LogP contribution in [0.5, 0.6) is 0 Å². The number of anilines is 1. The topological polar surface area (TPSA) is 90.4 Å². The van der Waals surface area contributed by atoms with Gasteiger partial charge in [0.25, 0.3) is 5.69 Å². The smallest absolute Gasteiger partial charge is 0.272 e. The van der Waals surface area contributed by atoms with E-state index in [4.69, 9.17) is 33.7 Å². The molecule has 0 radical (unpaired) electrons. The number of halogens is 2. The normalized spacial score (nSPS) is 25.1. The van der Waals surface area contributed by atoms with E-state index in [1.165, 1.54) is 12.1 Å². The summed E-state index contributed by atoms with van der Waals surface area (Å²) in [5.41, 5.74) is 6.23.